The van der Waals surface area contributed by atoms with Gasteiger partial charge in [-0.25, -0.2) is 9.18 Å². The summed E-state index contributed by atoms with van der Waals surface area (Å²) in [6.07, 6.45) is 0.427. The van der Waals surface area contributed by atoms with Gasteiger partial charge in [0, 0.05) is 0 Å². The molecule has 2 rings (SSSR count). The van der Waals surface area contributed by atoms with Crippen LogP contribution in [0.25, 0.3) is 0 Å². The lowest BCUT2D eigenvalue weighted by atomic mass is 10.1. The molecular formula is C15H16ClFN2O2. The van der Waals surface area contributed by atoms with Crippen molar-refractivity contribution in [2.75, 3.05) is 0 Å². The highest BCUT2D eigenvalue weighted by Gasteiger charge is 2.12. The number of hydrogen-bond donors (Lipinski definition) is 1. The molecule has 6 heteroatoms. The van der Waals surface area contributed by atoms with Gasteiger partial charge in [0.1, 0.15) is 11.0 Å². The molecule has 2 aromatic rings. The average molecular weight is 311 g/mol. The highest BCUT2D eigenvalue weighted by molar-refractivity contribution is 6.30. The van der Waals surface area contributed by atoms with Crippen LogP contribution >= 0.6 is 11.6 Å². The molecule has 0 amide bonds. The average Bonchev–Trinajstić information content (AvgIpc) is 2.41. The van der Waals surface area contributed by atoms with Crippen LogP contribution in [0.15, 0.2) is 21.7 Å². The van der Waals surface area contributed by atoms with Gasteiger partial charge in [0.15, 0.2) is 0 Å². The van der Waals surface area contributed by atoms with Crippen LogP contribution in [0.3, 0.4) is 0 Å². The first-order valence-corrected chi connectivity index (χ1v) is 7.00. The summed E-state index contributed by atoms with van der Waals surface area (Å²) in [6.45, 7) is 5.17. The summed E-state index contributed by atoms with van der Waals surface area (Å²) in [7, 11) is 0. The van der Waals surface area contributed by atoms with E-state index in [9.17, 15) is 14.0 Å². The van der Waals surface area contributed by atoms with Gasteiger partial charge < -0.3 is 0 Å². The van der Waals surface area contributed by atoms with Gasteiger partial charge in [-0.1, -0.05) is 30.7 Å². The summed E-state index contributed by atoms with van der Waals surface area (Å²) in [4.78, 5) is 26.6. The third-order valence-corrected chi connectivity index (χ3v) is 3.74. The smallest absolute Gasteiger partial charge is 0.297 e. The number of benzene rings is 1. The number of aromatic nitrogens is 2. The summed E-state index contributed by atoms with van der Waals surface area (Å²) in [5, 5.41) is 0.0789. The van der Waals surface area contributed by atoms with Crippen molar-refractivity contribution in [2.24, 2.45) is 0 Å². The van der Waals surface area contributed by atoms with E-state index in [1.165, 1.54) is 0 Å². The lowest BCUT2D eigenvalue weighted by Crippen LogP contribution is -2.37. The highest BCUT2D eigenvalue weighted by atomic mass is 35.5. The van der Waals surface area contributed by atoms with E-state index in [-0.39, 0.29) is 17.5 Å². The summed E-state index contributed by atoms with van der Waals surface area (Å²) in [6, 6.07) is 3.27. The van der Waals surface area contributed by atoms with Crippen LogP contribution in [-0.2, 0) is 13.0 Å². The number of hydrogen-bond acceptors (Lipinski definition) is 2. The van der Waals surface area contributed by atoms with E-state index >= 15 is 0 Å². The topological polar surface area (TPSA) is 54.9 Å². The van der Waals surface area contributed by atoms with Gasteiger partial charge in [-0.15, -0.1) is 0 Å². The molecule has 0 aliphatic heterocycles. The molecule has 1 aromatic carbocycles. The molecule has 0 unspecified atom stereocenters. The maximum atomic E-state index is 13.6. The Morgan fingerprint density at radius 2 is 1.81 bits per heavy atom. The molecule has 0 aliphatic carbocycles. The fraction of sp³-hybridized carbons (Fsp3) is 0.333. The minimum atomic E-state index is -0.568. The summed E-state index contributed by atoms with van der Waals surface area (Å²) >= 11 is 5.86. The van der Waals surface area contributed by atoms with Crippen LogP contribution < -0.4 is 11.2 Å². The molecule has 0 saturated heterocycles. The van der Waals surface area contributed by atoms with Crippen LogP contribution in [0.1, 0.15) is 29.2 Å². The molecule has 21 heavy (non-hydrogen) atoms. The van der Waals surface area contributed by atoms with Gasteiger partial charge in [0.05, 0.1) is 12.1 Å². The number of halogens is 2. The van der Waals surface area contributed by atoms with Crippen molar-refractivity contribution in [1.82, 2.24) is 9.55 Å². The molecular weight excluding hydrogens is 295 g/mol. The number of rotatable bonds is 3. The second kappa shape index (κ2) is 5.85. The Labute approximate surface area is 126 Å². The molecule has 0 radical (unpaired) electrons. The van der Waals surface area contributed by atoms with Gasteiger partial charge in [0.2, 0.25) is 0 Å². The van der Waals surface area contributed by atoms with E-state index in [1.807, 2.05) is 0 Å². The van der Waals surface area contributed by atoms with E-state index in [0.29, 0.717) is 28.7 Å². The van der Waals surface area contributed by atoms with Crippen LogP contribution in [0.2, 0.25) is 5.15 Å². The van der Waals surface area contributed by atoms with E-state index in [1.54, 1.807) is 32.9 Å². The third-order valence-electron chi connectivity index (χ3n) is 3.42. The summed E-state index contributed by atoms with van der Waals surface area (Å²) < 4.78 is 14.7. The molecule has 0 spiro atoms. The predicted octanol–water partition coefficient (Wildman–Crippen LogP) is 2.56. The quantitative estimate of drug-likeness (QED) is 0.886. The van der Waals surface area contributed by atoms with E-state index in [4.69, 9.17) is 11.6 Å². The molecule has 0 fully saturated rings. The molecule has 112 valence electrons. The second-order valence-electron chi connectivity index (χ2n) is 5.01. The van der Waals surface area contributed by atoms with Gasteiger partial charge in [0.25, 0.3) is 5.56 Å². The molecule has 0 aliphatic rings. The van der Waals surface area contributed by atoms with Crippen LogP contribution in [0, 0.1) is 19.7 Å². The fourth-order valence-electron chi connectivity index (χ4n) is 2.35. The standard InChI is InChI=1S/C15H16ClFN2O2/c1-4-11-13(16)18-15(21)19(14(11)20)7-10-5-8(2)12(17)9(3)6-10/h5-6H,4,7H2,1-3H3,(H,18,21). The van der Waals surface area contributed by atoms with Crippen molar-refractivity contribution in [2.45, 2.75) is 33.7 Å². The third kappa shape index (κ3) is 2.93. The number of H-pyrrole nitrogens is 1. The van der Waals surface area contributed by atoms with E-state index < -0.39 is 11.2 Å². The summed E-state index contributed by atoms with van der Waals surface area (Å²) in [5.74, 6) is -0.273. The SMILES string of the molecule is CCc1c(Cl)[nH]c(=O)n(Cc2cc(C)c(F)c(C)c2)c1=O. The molecule has 0 atom stereocenters. The molecule has 1 aromatic heterocycles. The van der Waals surface area contributed by atoms with E-state index in [0.717, 1.165) is 4.57 Å². The van der Waals surface area contributed by atoms with Crippen molar-refractivity contribution in [1.29, 1.82) is 0 Å². The zero-order valence-electron chi connectivity index (χ0n) is 12.1. The van der Waals surface area contributed by atoms with Crippen LogP contribution in [-0.4, -0.2) is 9.55 Å². The van der Waals surface area contributed by atoms with Gasteiger partial charge in [-0.05, 0) is 37.0 Å². The van der Waals surface area contributed by atoms with Crippen LogP contribution in [0.4, 0.5) is 4.39 Å². The Balaban J connectivity index is 2.55. The minimum absolute atomic E-state index is 0.0789. The fourth-order valence-corrected chi connectivity index (χ4v) is 2.64. The van der Waals surface area contributed by atoms with Crippen LogP contribution in [0.5, 0.6) is 0 Å². The largest absolute Gasteiger partial charge is 0.329 e. The Kier molecular flexibility index (Phi) is 4.32. The number of nitrogens with zero attached hydrogens (tertiary/aromatic N) is 1. The molecule has 1 N–H and O–H groups in total. The number of aryl methyl sites for hydroxylation is 2. The number of aromatic amines is 1. The Morgan fingerprint density at radius 3 is 2.33 bits per heavy atom. The zero-order chi connectivity index (χ0) is 15.7. The van der Waals surface area contributed by atoms with Gasteiger partial charge >= 0.3 is 5.69 Å². The van der Waals surface area contributed by atoms with Crippen molar-refractivity contribution in [3.8, 4) is 0 Å². The van der Waals surface area contributed by atoms with Crippen molar-refractivity contribution < 1.29 is 4.39 Å². The highest BCUT2D eigenvalue weighted by Crippen LogP contribution is 2.15. The van der Waals surface area contributed by atoms with Crippen molar-refractivity contribution in [3.05, 3.63) is 66.2 Å². The molecule has 0 saturated carbocycles. The first-order chi connectivity index (χ1) is 9.85. The summed E-state index contributed by atoms with van der Waals surface area (Å²) in [5.41, 5.74) is 1.06. The lowest BCUT2D eigenvalue weighted by Gasteiger charge is -2.10. The minimum Gasteiger partial charge on any atom is -0.297 e. The molecule has 1 heterocycles. The maximum absolute atomic E-state index is 13.6. The Bertz CT molecular complexity index is 785. The predicted molar refractivity (Wildman–Crippen MR) is 80.7 cm³/mol. The van der Waals surface area contributed by atoms with Crippen molar-refractivity contribution >= 4 is 11.6 Å². The molecule has 4 nitrogen and oxygen atoms in total. The van der Waals surface area contributed by atoms with Crippen molar-refractivity contribution in [3.63, 3.8) is 0 Å². The first kappa shape index (κ1) is 15.5. The first-order valence-electron chi connectivity index (χ1n) is 6.62. The maximum Gasteiger partial charge on any atom is 0.329 e. The molecule has 0 bridgehead atoms. The normalized spacial score (nSPS) is 10.9. The van der Waals surface area contributed by atoms with Gasteiger partial charge in [-0.2, -0.15) is 0 Å². The lowest BCUT2D eigenvalue weighted by molar-refractivity contribution is 0.606. The monoisotopic (exact) mass is 310 g/mol. The van der Waals surface area contributed by atoms with E-state index in [2.05, 4.69) is 4.98 Å². The zero-order valence-corrected chi connectivity index (χ0v) is 12.8. The Morgan fingerprint density at radius 1 is 1.24 bits per heavy atom. The number of nitrogens with one attached hydrogen (secondary N) is 1. The Hall–Kier alpha value is -1.88. The van der Waals surface area contributed by atoms with Gasteiger partial charge in [-0.3, -0.25) is 14.3 Å². The second-order valence-corrected chi connectivity index (χ2v) is 5.39.